The van der Waals surface area contributed by atoms with Gasteiger partial charge in [0.05, 0.1) is 0 Å². The van der Waals surface area contributed by atoms with Crippen molar-refractivity contribution < 1.29 is 4.52 Å². The van der Waals surface area contributed by atoms with Crippen LogP contribution in [0.2, 0.25) is 0 Å². The molecule has 0 aliphatic rings. The summed E-state index contributed by atoms with van der Waals surface area (Å²) in [6, 6.07) is 9.37. The van der Waals surface area contributed by atoms with Gasteiger partial charge in [-0.1, -0.05) is 56.3 Å². The van der Waals surface area contributed by atoms with E-state index in [1.807, 2.05) is 51.1 Å². The van der Waals surface area contributed by atoms with Crippen LogP contribution in [0.1, 0.15) is 44.1 Å². The van der Waals surface area contributed by atoms with Gasteiger partial charge in [-0.05, 0) is 5.56 Å². The molecule has 1 atom stereocenters. The molecule has 0 amide bonds. The normalized spacial score (nSPS) is 13.6. The molecule has 2 N–H and O–H groups in total. The Bertz CT molecular complexity index is 485. The van der Waals surface area contributed by atoms with Crippen LogP contribution < -0.4 is 5.73 Å². The number of nitrogens with two attached hydrogens (primary N) is 1. The van der Waals surface area contributed by atoms with Crippen molar-refractivity contribution in [2.75, 3.05) is 0 Å². The summed E-state index contributed by atoms with van der Waals surface area (Å²) in [5.74, 6) is 1.14. The Labute approximate surface area is 101 Å². The van der Waals surface area contributed by atoms with Crippen LogP contribution in [0.15, 0.2) is 34.9 Å². The van der Waals surface area contributed by atoms with Gasteiger partial charge in [-0.3, -0.25) is 0 Å². The minimum absolute atomic E-state index is 0.127. The van der Waals surface area contributed by atoms with E-state index in [4.69, 9.17) is 10.3 Å². The molecule has 1 heterocycles. The second-order valence-corrected chi connectivity index (χ2v) is 5.09. The van der Waals surface area contributed by atoms with Crippen LogP contribution in [0.25, 0.3) is 0 Å². The average molecular weight is 231 g/mol. The quantitative estimate of drug-likeness (QED) is 0.862. The topological polar surface area (TPSA) is 64.9 Å². The van der Waals surface area contributed by atoms with Gasteiger partial charge in [0.15, 0.2) is 5.82 Å². The van der Waals surface area contributed by atoms with E-state index < -0.39 is 0 Å². The fourth-order valence-corrected chi connectivity index (χ4v) is 1.47. The monoisotopic (exact) mass is 231 g/mol. The predicted octanol–water partition coefficient (Wildman–Crippen LogP) is 2.42. The summed E-state index contributed by atoms with van der Waals surface area (Å²) in [7, 11) is 0. The molecule has 0 radical (unpaired) electrons. The Morgan fingerprint density at radius 2 is 1.82 bits per heavy atom. The maximum absolute atomic E-state index is 6.08. The van der Waals surface area contributed by atoms with Crippen LogP contribution >= 0.6 is 0 Å². The van der Waals surface area contributed by atoms with Crippen molar-refractivity contribution in [3.05, 3.63) is 47.6 Å². The summed E-state index contributed by atoms with van der Waals surface area (Å²) in [6.45, 7) is 6.11. The molecule has 90 valence electrons. The second-order valence-electron chi connectivity index (χ2n) is 5.09. The number of benzene rings is 1. The molecule has 0 aliphatic heterocycles. The first-order valence-electron chi connectivity index (χ1n) is 5.63. The van der Waals surface area contributed by atoms with Crippen LogP contribution in [-0.4, -0.2) is 10.1 Å². The molecule has 4 heteroatoms. The Balaban J connectivity index is 2.27. The van der Waals surface area contributed by atoms with Crippen molar-refractivity contribution in [3.63, 3.8) is 0 Å². The van der Waals surface area contributed by atoms with Crippen LogP contribution in [0.3, 0.4) is 0 Å². The van der Waals surface area contributed by atoms with Gasteiger partial charge in [0.2, 0.25) is 5.89 Å². The van der Waals surface area contributed by atoms with Crippen LogP contribution in [0.5, 0.6) is 0 Å². The molecule has 1 unspecified atom stereocenters. The van der Waals surface area contributed by atoms with Crippen LogP contribution in [0, 0.1) is 0 Å². The number of nitrogens with zero attached hydrogens (tertiary/aromatic N) is 2. The maximum atomic E-state index is 6.08. The lowest BCUT2D eigenvalue weighted by molar-refractivity contribution is 0.354. The third-order valence-corrected chi connectivity index (χ3v) is 2.54. The summed E-state index contributed by atoms with van der Waals surface area (Å²) >= 11 is 0. The lowest BCUT2D eigenvalue weighted by Crippen LogP contribution is -2.15. The average Bonchev–Trinajstić information content (AvgIpc) is 2.78. The summed E-state index contributed by atoms with van der Waals surface area (Å²) in [4.78, 5) is 4.36. The third kappa shape index (κ3) is 2.53. The lowest BCUT2D eigenvalue weighted by atomic mass is 9.96. The molecule has 1 aromatic heterocycles. The Morgan fingerprint density at radius 1 is 1.18 bits per heavy atom. The van der Waals surface area contributed by atoms with E-state index in [-0.39, 0.29) is 11.5 Å². The Morgan fingerprint density at radius 3 is 2.35 bits per heavy atom. The molecule has 0 saturated carbocycles. The fourth-order valence-electron chi connectivity index (χ4n) is 1.47. The van der Waals surface area contributed by atoms with Gasteiger partial charge in [-0.15, -0.1) is 0 Å². The maximum Gasteiger partial charge on any atom is 0.248 e. The van der Waals surface area contributed by atoms with Crippen molar-refractivity contribution in [1.29, 1.82) is 0 Å². The van der Waals surface area contributed by atoms with Gasteiger partial charge >= 0.3 is 0 Å². The van der Waals surface area contributed by atoms with E-state index in [9.17, 15) is 0 Å². The number of aromatic nitrogens is 2. The zero-order valence-corrected chi connectivity index (χ0v) is 10.3. The standard InChI is InChI=1S/C13H17N3O/c1-13(2,3)12-15-11(17-16-12)10(14)9-7-5-4-6-8-9/h4-8,10H,14H2,1-3H3. The molecule has 0 bridgehead atoms. The van der Waals surface area contributed by atoms with E-state index in [0.29, 0.717) is 11.7 Å². The van der Waals surface area contributed by atoms with Crippen molar-refractivity contribution >= 4 is 0 Å². The minimum Gasteiger partial charge on any atom is -0.337 e. The highest BCUT2D eigenvalue weighted by atomic mass is 16.5. The molecule has 17 heavy (non-hydrogen) atoms. The van der Waals surface area contributed by atoms with E-state index in [0.717, 1.165) is 5.56 Å². The summed E-state index contributed by atoms with van der Waals surface area (Å²) in [5.41, 5.74) is 6.92. The fraction of sp³-hybridized carbons (Fsp3) is 0.385. The van der Waals surface area contributed by atoms with E-state index in [2.05, 4.69) is 10.1 Å². The minimum atomic E-state index is -0.361. The first-order valence-corrected chi connectivity index (χ1v) is 5.63. The van der Waals surface area contributed by atoms with Gasteiger partial charge in [0.25, 0.3) is 0 Å². The highest BCUT2D eigenvalue weighted by molar-refractivity contribution is 5.23. The Hall–Kier alpha value is -1.68. The highest BCUT2D eigenvalue weighted by Crippen LogP contribution is 2.22. The molecular formula is C13H17N3O. The largest absolute Gasteiger partial charge is 0.337 e. The number of hydrogen-bond donors (Lipinski definition) is 1. The van der Waals surface area contributed by atoms with Crippen molar-refractivity contribution in [2.24, 2.45) is 5.73 Å². The van der Waals surface area contributed by atoms with E-state index in [1.54, 1.807) is 0 Å². The summed E-state index contributed by atoms with van der Waals surface area (Å²) in [6.07, 6.45) is 0. The molecule has 0 saturated heterocycles. The van der Waals surface area contributed by atoms with Gasteiger partial charge in [-0.2, -0.15) is 4.98 Å². The first-order chi connectivity index (χ1) is 7.98. The summed E-state index contributed by atoms with van der Waals surface area (Å²) < 4.78 is 5.22. The number of hydrogen-bond acceptors (Lipinski definition) is 4. The lowest BCUT2D eigenvalue weighted by Gasteiger charge is -2.11. The van der Waals surface area contributed by atoms with Gasteiger partial charge in [-0.25, -0.2) is 0 Å². The third-order valence-electron chi connectivity index (χ3n) is 2.54. The predicted molar refractivity (Wildman–Crippen MR) is 65.5 cm³/mol. The molecule has 2 rings (SSSR count). The Kier molecular flexibility index (Phi) is 2.98. The molecule has 0 spiro atoms. The summed E-state index contributed by atoms with van der Waals surface area (Å²) in [5, 5.41) is 3.97. The molecular weight excluding hydrogens is 214 g/mol. The van der Waals surface area contributed by atoms with Crippen molar-refractivity contribution in [2.45, 2.75) is 32.2 Å². The molecule has 4 nitrogen and oxygen atoms in total. The van der Waals surface area contributed by atoms with Crippen molar-refractivity contribution in [3.8, 4) is 0 Å². The van der Waals surface area contributed by atoms with Crippen LogP contribution in [-0.2, 0) is 5.41 Å². The molecule has 0 aliphatic carbocycles. The smallest absolute Gasteiger partial charge is 0.248 e. The molecule has 0 fully saturated rings. The van der Waals surface area contributed by atoms with Gasteiger partial charge < -0.3 is 10.3 Å². The van der Waals surface area contributed by atoms with E-state index in [1.165, 1.54) is 0 Å². The molecule has 2 aromatic rings. The van der Waals surface area contributed by atoms with Crippen LogP contribution in [0.4, 0.5) is 0 Å². The zero-order chi connectivity index (χ0) is 12.5. The number of rotatable bonds is 2. The van der Waals surface area contributed by atoms with E-state index >= 15 is 0 Å². The van der Waals surface area contributed by atoms with Crippen molar-refractivity contribution in [1.82, 2.24) is 10.1 Å². The van der Waals surface area contributed by atoms with Gasteiger partial charge in [0.1, 0.15) is 6.04 Å². The SMILES string of the molecule is CC(C)(C)c1noc(C(N)c2ccccc2)n1. The van der Waals surface area contributed by atoms with Gasteiger partial charge in [0, 0.05) is 5.41 Å². The first kappa shape index (κ1) is 11.8. The second kappa shape index (κ2) is 4.30. The highest BCUT2D eigenvalue weighted by Gasteiger charge is 2.23. The molecule has 1 aromatic carbocycles. The zero-order valence-electron chi connectivity index (χ0n) is 10.3.